The summed E-state index contributed by atoms with van der Waals surface area (Å²) < 4.78 is 5.90. The molecule has 1 aliphatic heterocycles. The lowest BCUT2D eigenvalue weighted by Gasteiger charge is -2.44. The molecule has 2 aliphatic rings. The van der Waals surface area contributed by atoms with E-state index in [2.05, 4.69) is 16.7 Å². The normalized spacial score (nSPS) is 27.9. The Morgan fingerprint density at radius 2 is 2.00 bits per heavy atom. The van der Waals surface area contributed by atoms with Crippen LogP contribution in [0.3, 0.4) is 0 Å². The Balaban J connectivity index is 2.09. The molecule has 2 atom stereocenters. The Hall–Kier alpha value is -0.680. The molecular formula is C14H24N2O2. The van der Waals surface area contributed by atoms with Crippen LogP contribution in [0.15, 0.2) is 24.3 Å². The molecule has 4 nitrogen and oxygen atoms in total. The Kier molecular flexibility index (Phi) is 3.92. The molecule has 1 heterocycles. The standard InChI is InChI=1S/C14H24N2O2/c1-13(2,3)18-14(17,16-12-9-15-10-12)11-7-5-4-6-8-11/h4-7,11-12,15-17H,8-10H2,1-3H3/t11-,14+/m0/s1. The summed E-state index contributed by atoms with van der Waals surface area (Å²) in [5.74, 6) is -1.35. The molecule has 0 spiro atoms. The van der Waals surface area contributed by atoms with Gasteiger partial charge in [-0.05, 0) is 27.2 Å². The Labute approximate surface area is 109 Å². The zero-order chi connectivity index (χ0) is 13.2. The summed E-state index contributed by atoms with van der Waals surface area (Å²) in [4.78, 5) is 0. The zero-order valence-corrected chi connectivity index (χ0v) is 11.4. The molecule has 0 unspecified atom stereocenters. The van der Waals surface area contributed by atoms with E-state index in [4.69, 9.17) is 4.74 Å². The first-order valence-corrected chi connectivity index (χ1v) is 6.63. The Morgan fingerprint density at radius 1 is 1.28 bits per heavy atom. The van der Waals surface area contributed by atoms with Crippen LogP contribution >= 0.6 is 0 Å². The summed E-state index contributed by atoms with van der Waals surface area (Å²) in [6.45, 7) is 7.63. The van der Waals surface area contributed by atoms with E-state index >= 15 is 0 Å². The van der Waals surface area contributed by atoms with Gasteiger partial charge >= 0.3 is 0 Å². The summed E-state index contributed by atoms with van der Waals surface area (Å²) in [5.41, 5.74) is -0.395. The highest BCUT2D eigenvalue weighted by atomic mass is 16.7. The fourth-order valence-corrected chi connectivity index (χ4v) is 2.23. The van der Waals surface area contributed by atoms with Crippen LogP contribution in [0.5, 0.6) is 0 Å². The van der Waals surface area contributed by atoms with Crippen molar-refractivity contribution in [2.24, 2.45) is 5.92 Å². The highest BCUT2D eigenvalue weighted by Gasteiger charge is 2.42. The SMILES string of the molecule is CC(C)(C)O[C@@](O)(NC1CNC1)[C@H]1C=CC=CC1. The van der Waals surface area contributed by atoms with E-state index in [9.17, 15) is 5.11 Å². The average Bonchev–Trinajstić information content (AvgIpc) is 2.23. The molecule has 0 saturated carbocycles. The number of nitrogens with one attached hydrogen (secondary N) is 2. The second-order valence-electron chi connectivity index (χ2n) is 6.07. The number of allylic oxidation sites excluding steroid dienone is 3. The molecule has 102 valence electrons. The first-order valence-electron chi connectivity index (χ1n) is 6.63. The smallest absolute Gasteiger partial charge is 0.232 e. The maximum Gasteiger partial charge on any atom is 0.232 e. The van der Waals surface area contributed by atoms with Crippen LogP contribution in [0.2, 0.25) is 0 Å². The third-order valence-corrected chi connectivity index (χ3v) is 3.14. The number of ether oxygens (including phenoxy) is 1. The molecule has 3 N–H and O–H groups in total. The summed E-state index contributed by atoms with van der Waals surface area (Å²) in [5, 5.41) is 17.3. The van der Waals surface area contributed by atoms with Gasteiger partial charge in [0, 0.05) is 25.0 Å². The van der Waals surface area contributed by atoms with E-state index in [-0.39, 0.29) is 12.0 Å². The van der Waals surface area contributed by atoms with Crippen LogP contribution in [0.25, 0.3) is 0 Å². The van der Waals surface area contributed by atoms with Crippen LogP contribution in [0.4, 0.5) is 0 Å². The number of hydrogen-bond donors (Lipinski definition) is 3. The van der Waals surface area contributed by atoms with E-state index in [0.717, 1.165) is 19.5 Å². The van der Waals surface area contributed by atoms with Crippen molar-refractivity contribution in [1.29, 1.82) is 0 Å². The minimum Gasteiger partial charge on any atom is -0.353 e. The number of hydrogen-bond acceptors (Lipinski definition) is 4. The van der Waals surface area contributed by atoms with Gasteiger partial charge in [0.1, 0.15) is 0 Å². The maximum atomic E-state index is 10.9. The molecule has 0 aromatic carbocycles. The summed E-state index contributed by atoms with van der Waals surface area (Å²) in [6, 6.07) is 0.275. The fraction of sp³-hybridized carbons (Fsp3) is 0.714. The number of rotatable bonds is 4. The van der Waals surface area contributed by atoms with Gasteiger partial charge in [0.25, 0.3) is 0 Å². The molecule has 2 rings (SSSR count). The average molecular weight is 252 g/mol. The summed E-state index contributed by atoms with van der Waals surface area (Å²) in [7, 11) is 0. The topological polar surface area (TPSA) is 53.5 Å². The van der Waals surface area contributed by atoms with Gasteiger partial charge in [-0.15, -0.1) is 0 Å². The van der Waals surface area contributed by atoms with Gasteiger partial charge < -0.3 is 15.2 Å². The largest absolute Gasteiger partial charge is 0.353 e. The predicted molar refractivity (Wildman–Crippen MR) is 72.0 cm³/mol. The lowest BCUT2D eigenvalue weighted by molar-refractivity contribution is -0.295. The van der Waals surface area contributed by atoms with Gasteiger partial charge in [0.15, 0.2) is 0 Å². The van der Waals surface area contributed by atoms with E-state index in [0.29, 0.717) is 0 Å². The van der Waals surface area contributed by atoms with Gasteiger partial charge in [0.05, 0.1) is 5.60 Å². The van der Waals surface area contributed by atoms with Crippen molar-refractivity contribution >= 4 is 0 Å². The molecule has 18 heavy (non-hydrogen) atoms. The van der Waals surface area contributed by atoms with Crippen molar-refractivity contribution in [2.45, 2.75) is 44.7 Å². The van der Waals surface area contributed by atoms with Crippen LogP contribution in [0.1, 0.15) is 27.2 Å². The van der Waals surface area contributed by atoms with E-state index in [1.165, 1.54) is 0 Å². The van der Waals surface area contributed by atoms with Gasteiger partial charge in [-0.25, -0.2) is 0 Å². The van der Waals surface area contributed by atoms with Crippen LogP contribution < -0.4 is 10.6 Å². The summed E-state index contributed by atoms with van der Waals surface area (Å²) >= 11 is 0. The van der Waals surface area contributed by atoms with Gasteiger partial charge in [0.2, 0.25) is 5.91 Å². The highest BCUT2D eigenvalue weighted by molar-refractivity contribution is 5.13. The number of aliphatic hydroxyl groups is 1. The van der Waals surface area contributed by atoms with Crippen LogP contribution in [0, 0.1) is 5.92 Å². The monoisotopic (exact) mass is 252 g/mol. The van der Waals surface area contributed by atoms with Crippen molar-refractivity contribution in [1.82, 2.24) is 10.6 Å². The second-order valence-corrected chi connectivity index (χ2v) is 6.07. The van der Waals surface area contributed by atoms with E-state index < -0.39 is 11.5 Å². The highest BCUT2D eigenvalue weighted by Crippen LogP contribution is 2.29. The molecule has 1 aliphatic carbocycles. The fourth-order valence-electron chi connectivity index (χ4n) is 2.23. The first kappa shape index (κ1) is 13.7. The molecule has 1 fully saturated rings. The van der Waals surface area contributed by atoms with E-state index in [1.807, 2.05) is 39.0 Å². The third-order valence-electron chi connectivity index (χ3n) is 3.14. The first-order chi connectivity index (χ1) is 8.39. The quantitative estimate of drug-likeness (QED) is 0.657. The predicted octanol–water partition coefficient (Wildman–Crippen LogP) is 1.14. The second kappa shape index (κ2) is 5.13. The molecule has 0 aromatic rings. The minimum atomic E-state index is -1.30. The molecular weight excluding hydrogens is 228 g/mol. The molecule has 0 aromatic heterocycles. The third kappa shape index (κ3) is 3.42. The lowest BCUT2D eigenvalue weighted by Crippen LogP contribution is -2.67. The van der Waals surface area contributed by atoms with Crippen molar-refractivity contribution in [3.8, 4) is 0 Å². The van der Waals surface area contributed by atoms with Gasteiger partial charge in [-0.2, -0.15) is 0 Å². The molecule has 0 bridgehead atoms. The lowest BCUT2D eigenvalue weighted by atomic mass is 9.94. The molecule has 0 radical (unpaired) electrons. The van der Waals surface area contributed by atoms with E-state index in [1.54, 1.807) is 0 Å². The maximum absolute atomic E-state index is 10.9. The molecule has 4 heteroatoms. The van der Waals surface area contributed by atoms with Crippen molar-refractivity contribution in [2.75, 3.05) is 13.1 Å². The molecule has 0 amide bonds. The minimum absolute atomic E-state index is 0.0534. The van der Waals surface area contributed by atoms with Crippen molar-refractivity contribution in [3.05, 3.63) is 24.3 Å². The Morgan fingerprint density at radius 3 is 2.44 bits per heavy atom. The van der Waals surface area contributed by atoms with Crippen molar-refractivity contribution < 1.29 is 9.84 Å². The van der Waals surface area contributed by atoms with Crippen molar-refractivity contribution in [3.63, 3.8) is 0 Å². The van der Waals surface area contributed by atoms with Crippen LogP contribution in [-0.2, 0) is 4.74 Å². The van der Waals surface area contributed by atoms with Gasteiger partial charge in [-0.3, -0.25) is 5.32 Å². The Bertz CT molecular complexity index is 342. The molecule has 1 saturated heterocycles. The summed E-state index contributed by atoms with van der Waals surface area (Å²) in [6.07, 6.45) is 8.81. The zero-order valence-electron chi connectivity index (χ0n) is 11.4. The van der Waals surface area contributed by atoms with Gasteiger partial charge in [-0.1, -0.05) is 24.3 Å². The van der Waals surface area contributed by atoms with Crippen LogP contribution in [-0.4, -0.2) is 35.7 Å².